The SMILES string of the molecule is Cc1sc2nc(C)n(CCC(C)C)c(=O)c2c1C. The van der Waals surface area contributed by atoms with E-state index in [1.54, 1.807) is 11.3 Å². The highest BCUT2D eigenvalue weighted by molar-refractivity contribution is 7.18. The van der Waals surface area contributed by atoms with Crippen LogP contribution < -0.4 is 5.56 Å². The lowest BCUT2D eigenvalue weighted by Gasteiger charge is -2.11. The summed E-state index contributed by atoms with van der Waals surface area (Å²) in [5, 5.41) is 0.812. The molecule has 0 spiro atoms. The summed E-state index contributed by atoms with van der Waals surface area (Å²) in [6.45, 7) is 11.1. The molecule has 0 saturated carbocycles. The summed E-state index contributed by atoms with van der Waals surface area (Å²) in [4.78, 5) is 19.2. The zero-order valence-corrected chi connectivity index (χ0v) is 12.5. The Morgan fingerprint density at radius 2 is 1.94 bits per heavy atom. The molecule has 2 aromatic heterocycles. The monoisotopic (exact) mass is 264 g/mol. The van der Waals surface area contributed by atoms with Crippen LogP contribution in [0.2, 0.25) is 0 Å². The van der Waals surface area contributed by atoms with Gasteiger partial charge in [0.1, 0.15) is 10.7 Å². The number of fused-ring (bicyclic) bond motifs is 1. The largest absolute Gasteiger partial charge is 0.296 e. The fourth-order valence-corrected chi connectivity index (χ4v) is 3.14. The molecule has 0 radical (unpaired) electrons. The smallest absolute Gasteiger partial charge is 0.262 e. The Labute approximate surface area is 111 Å². The molecular formula is C14H20N2OS. The van der Waals surface area contributed by atoms with Crippen molar-refractivity contribution in [3.05, 3.63) is 26.6 Å². The fourth-order valence-electron chi connectivity index (χ4n) is 2.08. The molecule has 0 amide bonds. The van der Waals surface area contributed by atoms with Crippen molar-refractivity contribution in [2.75, 3.05) is 0 Å². The first kappa shape index (κ1) is 13.3. The molecule has 0 aliphatic rings. The number of aromatic nitrogens is 2. The maximum Gasteiger partial charge on any atom is 0.262 e. The quantitative estimate of drug-likeness (QED) is 0.851. The Morgan fingerprint density at radius 1 is 1.28 bits per heavy atom. The molecule has 0 aromatic carbocycles. The number of hydrogen-bond acceptors (Lipinski definition) is 3. The van der Waals surface area contributed by atoms with Crippen LogP contribution in [0.15, 0.2) is 4.79 Å². The minimum atomic E-state index is 0.125. The molecule has 18 heavy (non-hydrogen) atoms. The number of hydrogen-bond donors (Lipinski definition) is 0. The Kier molecular flexibility index (Phi) is 3.57. The highest BCUT2D eigenvalue weighted by atomic mass is 32.1. The average Bonchev–Trinajstić information content (AvgIpc) is 2.53. The maximum absolute atomic E-state index is 12.5. The molecular weight excluding hydrogens is 244 g/mol. The molecule has 0 atom stereocenters. The third kappa shape index (κ3) is 2.21. The maximum atomic E-state index is 12.5. The summed E-state index contributed by atoms with van der Waals surface area (Å²) in [6, 6.07) is 0. The van der Waals surface area contributed by atoms with Gasteiger partial charge in [0.25, 0.3) is 5.56 Å². The van der Waals surface area contributed by atoms with Crippen LogP contribution in [0.4, 0.5) is 0 Å². The van der Waals surface area contributed by atoms with Gasteiger partial charge in [-0.1, -0.05) is 13.8 Å². The van der Waals surface area contributed by atoms with Crippen molar-refractivity contribution >= 4 is 21.6 Å². The van der Waals surface area contributed by atoms with Crippen LogP contribution >= 0.6 is 11.3 Å². The summed E-state index contributed by atoms with van der Waals surface area (Å²) in [6.07, 6.45) is 1.01. The van der Waals surface area contributed by atoms with Crippen LogP contribution in [0.1, 0.15) is 36.5 Å². The van der Waals surface area contributed by atoms with Crippen LogP contribution in [0.25, 0.3) is 10.2 Å². The van der Waals surface area contributed by atoms with Crippen LogP contribution in [-0.4, -0.2) is 9.55 Å². The zero-order chi connectivity index (χ0) is 13.4. The lowest BCUT2D eigenvalue weighted by Crippen LogP contribution is -2.24. The van der Waals surface area contributed by atoms with Crippen molar-refractivity contribution in [2.24, 2.45) is 5.92 Å². The Hall–Kier alpha value is -1.16. The lowest BCUT2D eigenvalue weighted by molar-refractivity contribution is 0.498. The Balaban J connectivity index is 2.60. The first-order valence-corrected chi connectivity index (χ1v) is 7.20. The molecule has 98 valence electrons. The highest BCUT2D eigenvalue weighted by Gasteiger charge is 2.14. The molecule has 4 heteroatoms. The van der Waals surface area contributed by atoms with E-state index in [0.29, 0.717) is 5.92 Å². The average molecular weight is 264 g/mol. The minimum Gasteiger partial charge on any atom is -0.296 e. The van der Waals surface area contributed by atoms with Crippen molar-refractivity contribution in [1.82, 2.24) is 9.55 Å². The van der Waals surface area contributed by atoms with E-state index >= 15 is 0 Å². The van der Waals surface area contributed by atoms with Gasteiger partial charge in [0.2, 0.25) is 0 Å². The van der Waals surface area contributed by atoms with E-state index in [1.165, 1.54) is 4.88 Å². The third-order valence-electron chi connectivity index (χ3n) is 3.41. The van der Waals surface area contributed by atoms with Gasteiger partial charge in [0.05, 0.1) is 5.39 Å². The molecule has 0 aliphatic heterocycles. The second-order valence-electron chi connectivity index (χ2n) is 5.26. The van der Waals surface area contributed by atoms with E-state index in [1.807, 2.05) is 18.4 Å². The van der Waals surface area contributed by atoms with Crippen molar-refractivity contribution < 1.29 is 0 Å². The van der Waals surface area contributed by atoms with Gasteiger partial charge in [-0.05, 0) is 38.7 Å². The van der Waals surface area contributed by atoms with Gasteiger partial charge in [-0.15, -0.1) is 11.3 Å². The molecule has 0 unspecified atom stereocenters. The number of nitrogens with zero attached hydrogens (tertiary/aromatic N) is 2. The Morgan fingerprint density at radius 3 is 2.56 bits per heavy atom. The van der Waals surface area contributed by atoms with Crippen LogP contribution in [-0.2, 0) is 6.54 Å². The van der Waals surface area contributed by atoms with Crippen LogP contribution in [0, 0.1) is 26.7 Å². The first-order valence-electron chi connectivity index (χ1n) is 6.39. The van der Waals surface area contributed by atoms with Gasteiger partial charge < -0.3 is 0 Å². The van der Waals surface area contributed by atoms with Crippen LogP contribution in [0.3, 0.4) is 0 Å². The second-order valence-corrected chi connectivity index (χ2v) is 6.46. The zero-order valence-electron chi connectivity index (χ0n) is 11.7. The number of aryl methyl sites for hydroxylation is 3. The first-order chi connectivity index (χ1) is 8.41. The molecule has 2 rings (SSSR count). The third-order valence-corrected chi connectivity index (χ3v) is 4.51. The highest BCUT2D eigenvalue weighted by Crippen LogP contribution is 2.26. The van der Waals surface area contributed by atoms with E-state index in [4.69, 9.17) is 0 Å². The summed E-state index contributed by atoms with van der Waals surface area (Å²) >= 11 is 1.62. The van der Waals surface area contributed by atoms with E-state index in [9.17, 15) is 4.79 Å². The van der Waals surface area contributed by atoms with Gasteiger partial charge in [-0.3, -0.25) is 9.36 Å². The van der Waals surface area contributed by atoms with E-state index in [2.05, 4.69) is 25.8 Å². The van der Waals surface area contributed by atoms with E-state index in [0.717, 1.165) is 34.6 Å². The van der Waals surface area contributed by atoms with Gasteiger partial charge in [-0.25, -0.2) is 4.98 Å². The summed E-state index contributed by atoms with van der Waals surface area (Å²) < 4.78 is 1.82. The fraction of sp³-hybridized carbons (Fsp3) is 0.571. The van der Waals surface area contributed by atoms with Gasteiger partial charge in [0.15, 0.2) is 0 Å². The lowest BCUT2D eigenvalue weighted by atomic mass is 10.1. The van der Waals surface area contributed by atoms with Crippen molar-refractivity contribution in [3.63, 3.8) is 0 Å². The summed E-state index contributed by atoms with van der Waals surface area (Å²) in [5.74, 6) is 1.42. The minimum absolute atomic E-state index is 0.125. The van der Waals surface area contributed by atoms with Crippen molar-refractivity contribution in [1.29, 1.82) is 0 Å². The molecule has 0 bridgehead atoms. The Bertz CT molecular complexity index is 637. The van der Waals surface area contributed by atoms with Gasteiger partial charge in [-0.2, -0.15) is 0 Å². The normalized spacial score (nSPS) is 11.7. The molecule has 2 aromatic rings. The summed E-state index contributed by atoms with van der Waals surface area (Å²) in [7, 11) is 0. The molecule has 0 fully saturated rings. The van der Waals surface area contributed by atoms with E-state index in [-0.39, 0.29) is 5.56 Å². The molecule has 3 nitrogen and oxygen atoms in total. The van der Waals surface area contributed by atoms with Crippen molar-refractivity contribution in [3.8, 4) is 0 Å². The second kappa shape index (κ2) is 4.84. The van der Waals surface area contributed by atoms with Crippen LogP contribution in [0.5, 0.6) is 0 Å². The number of thiophene rings is 1. The molecule has 0 aliphatic carbocycles. The predicted molar refractivity (Wildman–Crippen MR) is 77.5 cm³/mol. The molecule has 0 N–H and O–H groups in total. The van der Waals surface area contributed by atoms with Gasteiger partial charge >= 0.3 is 0 Å². The topological polar surface area (TPSA) is 34.9 Å². The molecule has 2 heterocycles. The van der Waals surface area contributed by atoms with E-state index < -0.39 is 0 Å². The molecule has 0 saturated heterocycles. The number of rotatable bonds is 3. The van der Waals surface area contributed by atoms with Crippen molar-refractivity contribution in [2.45, 2.75) is 47.6 Å². The summed E-state index contributed by atoms with van der Waals surface area (Å²) in [5.41, 5.74) is 1.21. The standard InChI is InChI=1S/C14H20N2OS/c1-8(2)6-7-16-11(5)15-13-12(14(16)17)9(3)10(4)18-13/h8H,6-7H2,1-5H3. The predicted octanol–water partition coefficient (Wildman–Crippen LogP) is 3.43. The van der Waals surface area contributed by atoms with Gasteiger partial charge in [0, 0.05) is 11.4 Å².